The van der Waals surface area contributed by atoms with Crippen LogP contribution in [0.15, 0.2) is 0 Å². The van der Waals surface area contributed by atoms with Gasteiger partial charge in [-0.3, -0.25) is 9.69 Å². The molecule has 14 heavy (non-hydrogen) atoms. The molecule has 1 amide bonds. The van der Waals surface area contributed by atoms with Gasteiger partial charge in [-0.2, -0.15) is 0 Å². The topological polar surface area (TPSA) is 69.6 Å². The van der Waals surface area contributed by atoms with Crippen molar-refractivity contribution in [1.82, 2.24) is 10.2 Å². The molecule has 2 N–H and O–H groups in total. The van der Waals surface area contributed by atoms with E-state index in [0.29, 0.717) is 6.04 Å². The SMILES string of the molecule is O=C(O)C(=O)NC1CCN(C2CC2)C1. The Kier molecular flexibility index (Phi) is 2.41. The molecule has 1 aliphatic carbocycles. The fourth-order valence-corrected chi connectivity index (χ4v) is 1.92. The second-order valence-corrected chi connectivity index (χ2v) is 3.99. The third-order valence-electron chi connectivity index (χ3n) is 2.81. The average Bonchev–Trinajstić information content (AvgIpc) is 2.88. The Hall–Kier alpha value is -1.10. The monoisotopic (exact) mass is 198 g/mol. The number of hydrogen-bond acceptors (Lipinski definition) is 3. The number of carbonyl (C=O) groups is 2. The molecule has 0 aromatic heterocycles. The van der Waals surface area contributed by atoms with Gasteiger partial charge in [-0.25, -0.2) is 4.79 Å². The van der Waals surface area contributed by atoms with E-state index >= 15 is 0 Å². The molecule has 2 rings (SSSR count). The predicted molar refractivity (Wildman–Crippen MR) is 48.8 cm³/mol. The molecular formula is C9H14N2O3. The van der Waals surface area contributed by atoms with Gasteiger partial charge in [0.2, 0.25) is 0 Å². The van der Waals surface area contributed by atoms with Gasteiger partial charge in [0.15, 0.2) is 0 Å². The van der Waals surface area contributed by atoms with Crippen molar-refractivity contribution < 1.29 is 14.7 Å². The van der Waals surface area contributed by atoms with Crippen molar-refractivity contribution in [2.45, 2.75) is 31.3 Å². The Morgan fingerprint density at radius 3 is 2.57 bits per heavy atom. The van der Waals surface area contributed by atoms with Crippen molar-refractivity contribution in [2.75, 3.05) is 13.1 Å². The Bertz CT molecular complexity index is 263. The first-order chi connectivity index (χ1) is 6.66. The number of likely N-dealkylation sites (tertiary alicyclic amines) is 1. The van der Waals surface area contributed by atoms with E-state index in [4.69, 9.17) is 5.11 Å². The van der Waals surface area contributed by atoms with Crippen LogP contribution in [0.4, 0.5) is 0 Å². The lowest BCUT2D eigenvalue weighted by Gasteiger charge is -2.14. The summed E-state index contributed by atoms with van der Waals surface area (Å²) >= 11 is 0. The van der Waals surface area contributed by atoms with Crippen LogP contribution in [0.1, 0.15) is 19.3 Å². The maximum atomic E-state index is 10.9. The Morgan fingerprint density at radius 1 is 1.29 bits per heavy atom. The molecule has 1 atom stereocenters. The highest BCUT2D eigenvalue weighted by atomic mass is 16.4. The number of hydrogen-bond donors (Lipinski definition) is 2. The normalized spacial score (nSPS) is 27.6. The van der Waals surface area contributed by atoms with E-state index in [1.165, 1.54) is 12.8 Å². The highest BCUT2D eigenvalue weighted by molar-refractivity contribution is 6.31. The molecule has 1 heterocycles. The van der Waals surface area contributed by atoms with Gasteiger partial charge in [-0.15, -0.1) is 0 Å². The van der Waals surface area contributed by atoms with Crippen LogP contribution in [-0.4, -0.2) is 47.1 Å². The Labute approximate surface area is 82.1 Å². The zero-order chi connectivity index (χ0) is 10.1. The van der Waals surface area contributed by atoms with Crippen molar-refractivity contribution in [3.05, 3.63) is 0 Å². The summed E-state index contributed by atoms with van der Waals surface area (Å²) in [5.41, 5.74) is 0. The first-order valence-corrected chi connectivity index (χ1v) is 4.94. The highest BCUT2D eigenvalue weighted by Crippen LogP contribution is 2.29. The van der Waals surface area contributed by atoms with Gasteiger partial charge in [0.25, 0.3) is 0 Å². The van der Waals surface area contributed by atoms with Crippen molar-refractivity contribution >= 4 is 11.9 Å². The molecular weight excluding hydrogens is 184 g/mol. The van der Waals surface area contributed by atoms with Crippen LogP contribution in [0, 0.1) is 0 Å². The van der Waals surface area contributed by atoms with Crippen molar-refractivity contribution in [1.29, 1.82) is 0 Å². The van der Waals surface area contributed by atoms with Crippen LogP contribution < -0.4 is 5.32 Å². The molecule has 5 nitrogen and oxygen atoms in total. The molecule has 0 spiro atoms. The lowest BCUT2D eigenvalue weighted by Crippen LogP contribution is -2.41. The minimum absolute atomic E-state index is 0.0270. The van der Waals surface area contributed by atoms with Crippen molar-refractivity contribution in [3.63, 3.8) is 0 Å². The largest absolute Gasteiger partial charge is 0.474 e. The summed E-state index contributed by atoms with van der Waals surface area (Å²) in [6.07, 6.45) is 3.37. The summed E-state index contributed by atoms with van der Waals surface area (Å²) in [4.78, 5) is 23.5. The van der Waals surface area contributed by atoms with Gasteiger partial charge < -0.3 is 10.4 Å². The third kappa shape index (κ3) is 2.04. The fourth-order valence-electron chi connectivity index (χ4n) is 1.92. The van der Waals surface area contributed by atoms with E-state index < -0.39 is 11.9 Å². The molecule has 0 aromatic carbocycles. The Morgan fingerprint density at radius 2 is 2.00 bits per heavy atom. The van der Waals surface area contributed by atoms with Crippen LogP contribution in [0.3, 0.4) is 0 Å². The second-order valence-electron chi connectivity index (χ2n) is 3.99. The van der Waals surface area contributed by atoms with E-state index in [1.54, 1.807) is 0 Å². The molecule has 0 aromatic rings. The lowest BCUT2D eigenvalue weighted by molar-refractivity contribution is -0.150. The second kappa shape index (κ2) is 3.57. The maximum Gasteiger partial charge on any atom is 0.394 e. The molecule has 0 radical (unpaired) electrons. The number of aliphatic carboxylic acids is 1. The summed E-state index contributed by atoms with van der Waals surface area (Å²) in [7, 11) is 0. The molecule has 5 heteroatoms. The van der Waals surface area contributed by atoms with E-state index in [-0.39, 0.29) is 6.04 Å². The van der Waals surface area contributed by atoms with E-state index in [1.807, 2.05) is 0 Å². The summed E-state index contributed by atoms with van der Waals surface area (Å²) in [5.74, 6) is -2.28. The van der Waals surface area contributed by atoms with Crippen LogP contribution in [0.2, 0.25) is 0 Å². The van der Waals surface area contributed by atoms with Crippen molar-refractivity contribution in [2.24, 2.45) is 0 Å². The number of carbonyl (C=O) groups excluding carboxylic acids is 1. The highest BCUT2D eigenvalue weighted by Gasteiger charge is 2.35. The average molecular weight is 198 g/mol. The molecule has 1 saturated heterocycles. The van der Waals surface area contributed by atoms with Gasteiger partial charge in [-0.1, -0.05) is 0 Å². The van der Waals surface area contributed by atoms with Crippen LogP contribution >= 0.6 is 0 Å². The van der Waals surface area contributed by atoms with Gasteiger partial charge in [0, 0.05) is 25.2 Å². The minimum atomic E-state index is -1.39. The molecule has 1 aliphatic heterocycles. The van der Waals surface area contributed by atoms with Crippen LogP contribution in [0.5, 0.6) is 0 Å². The summed E-state index contributed by atoms with van der Waals surface area (Å²) in [5, 5.41) is 10.9. The number of amides is 1. The van der Waals surface area contributed by atoms with Gasteiger partial charge in [0.1, 0.15) is 0 Å². The first-order valence-electron chi connectivity index (χ1n) is 4.94. The van der Waals surface area contributed by atoms with Crippen LogP contribution in [0.25, 0.3) is 0 Å². The standard InChI is InChI=1S/C9H14N2O3/c12-8(9(13)14)10-6-3-4-11(5-6)7-1-2-7/h6-7H,1-5H2,(H,10,12)(H,13,14). The third-order valence-corrected chi connectivity index (χ3v) is 2.81. The quantitative estimate of drug-likeness (QED) is 0.583. The summed E-state index contributed by atoms with van der Waals surface area (Å²) < 4.78 is 0. The zero-order valence-corrected chi connectivity index (χ0v) is 7.90. The summed E-state index contributed by atoms with van der Waals surface area (Å²) in [6, 6.07) is 0.723. The maximum absolute atomic E-state index is 10.9. The number of nitrogens with one attached hydrogen (secondary N) is 1. The van der Waals surface area contributed by atoms with E-state index in [2.05, 4.69) is 10.2 Å². The van der Waals surface area contributed by atoms with E-state index in [0.717, 1.165) is 19.5 Å². The smallest absolute Gasteiger partial charge is 0.394 e. The van der Waals surface area contributed by atoms with Gasteiger partial charge in [0.05, 0.1) is 0 Å². The predicted octanol–water partition coefficient (Wildman–Crippen LogP) is -0.576. The lowest BCUT2D eigenvalue weighted by atomic mass is 10.2. The van der Waals surface area contributed by atoms with Gasteiger partial charge in [-0.05, 0) is 19.3 Å². The number of carboxylic acids is 1. The van der Waals surface area contributed by atoms with Crippen molar-refractivity contribution in [3.8, 4) is 0 Å². The summed E-state index contributed by atoms with van der Waals surface area (Å²) in [6.45, 7) is 1.79. The number of rotatable bonds is 2. The molecule has 2 aliphatic rings. The molecule has 1 unspecified atom stereocenters. The molecule has 2 fully saturated rings. The van der Waals surface area contributed by atoms with E-state index in [9.17, 15) is 9.59 Å². The number of carboxylic acid groups (broad SMARTS) is 1. The Balaban J connectivity index is 1.77. The minimum Gasteiger partial charge on any atom is -0.474 e. The van der Waals surface area contributed by atoms with Crippen LogP contribution in [-0.2, 0) is 9.59 Å². The molecule has 78 valence electrons. The first kappa shape index (κ1) is 9.45. The molecule has 0 bridgehead atoms. The van der Waals surface area contributed by atoms with Gasteiger partial charge >= 0.3 is 11.9 Å². The zero-order valence-electron chi connectivity index (χ0n) is 7.90. The fraction of sp³-hybridized carbons (Fsp3) is 0.778. The number of nitrogens with zero attached hydrogens (tertiary/aromatic N) is 1. The molecule has 1 saturated carbocycles.